The van der Waals surface area contributed by atoms with Gasteiger partial charge < -0.3 is 5.73 Å². The van der Waals surface area contributed by atoms with Crippen molar-refractivity contribution >= 4 is 27.3 Å². The number of benzene rings is 1. The van der Waals surface area contributed by atoms with Crippen molar-refractivity contribution in [1.29, 1.82) is 0 Å². The van der Waals surface area contributed by atoms with Gasteiger partial charge in [-0.05, 0) is 25.1 Å². The molecule has 0 unspecified atom stereocenters. The monoisotopic (exact) mass is 258 g/mol. The molecule has 0 aliphatic rings. The number of hydrogen-bond acceptors (Lipinski definition) is 3. The van der Waals surface area contributed by atoms with Crippen molar-refractivity contribution in [1.82, 2.24) is 4.72 Å². The molecule has 86 valence electrons. The Bertz CT molecular complexity index is 544. The van der Waals surface area contributed by atoms with Crippen LogP contribution in [0.3, 0.4) is 0 Å². The zero-order chi connectivity index (χ0) is 12.2. The summed E-state index contributed by atoms with van der Waals surface area (Å²) in [5, 5.41) is 0.316. The number of halogens is 1. The smallest absolute Gasteiger partial charge is 0.243 e. The molecule has 16 heavy (non-hydrogen) atoms. The number of anilines is 1. The molecule has 4 nitrogen and oxygen atoms in total. The minimum atomic E-state index is -3.65. The van der Waals surface area contributed by atoms with E-state index < -0.39 is 10.0 Å². The first-order valence-electron chi connectivity index (χ1n) is 4.41. The SMILES string of the molecule is CC#CCNS(=O)(=O)c1cc(Cl)ccc1N. The molecule has 1 aromatic carbocycles. The predicted molar refractivity (Wildman–Crippen MR) is 64.5 cm³/mol. The van der Waals surface area contributed by atoms with Gasteiger partial charge in [-0.3, -0.25) is 0 Å². The van der Waals surface area contributed by atoms with Gasteiger partial charge in [0.2, 0.25) is 10.0 Å². The predicted octanol–water partition coefficient (Wildman–Crippen LogP) is 1.22. The van der Waals surface area contributed by atoms with Crippen LogP contribution in [0.25, 0.3) is 0 Å². The zero-order valence-electron chi connectivity index (χ0n) is 8.62. The van der Waals surface area contributed by atoms with Gasteiger partial charge in [-0.25, -0.2) is 8.42 Å². The Morgan fingerprint density at radius 1 is 1.50 bits per heavy atom. The van der Waals surface area contributed by atoms with Crippen LogP contribution in [0, 0.1) is 11.8 Å². The Kier molecular flexibility index (Phi) is 4.19. The fourth-order valence-corrected chi connectivity index (χ4v) is 2.35. The third-order valence-corrected chi connectivity index (χ3v) is 3.48. The van der Waals surface area contributed by atoms with Crippen molar-refractivity contribution in [2.45, 2.75) is 11.8 Å². The minimum Gasteiger partial charge on any atom is -0.398 e. The Morgan fingerprint density at radius 2 is 2.19 bits per heavy atom. The zero-order valence-corrected chi connectivity index (χ0v) is 10.2. The summed E-state index contributed by atoms with van der Waals surface area (Å²) in [6.45, 7) is 1.67. The van der Waals surface area contributed by atoms with Crippen LogP contribution in [-0.2, 0) is 10.0 Å². The highest BCUT2D eigenvalue weighted by molar-refractivity contribution is 7.89. The topological polar surface area (TPSA) is 72.2 Å². The highest BCUT2D eigenvalue weighted by atomic mass is 35.5. The molecular weight excluding hydrogens is 248 g/mol. The molecular formula is C10H11ClN2O2S. The summed E-state index contributed by atoms with van der Waals surface area (Å²) < 4.78 is 25.8. The van der Waals surface area contributed by atoms with E-state index in [1.165, 1.54) is 18.2 Å². The summed E-state index contributed by atoms with van der Waals surface area (Å²) in [6.07, 6.45) is 0. The largest absolute Gasteiger partial charge is 0.398 e. The van der Waals surface area contributed by atoms with Gasteiger partial charge in [0.05, 0.1) is 12.2 Å². The first kappa shape index (κ1) is 12.8. The van der Waals surface area contributed by atoms with Crippen LogP contribution < -0.4 is 10.5 Å². The summed E-state index contributed by atoms with van der Waals surface area (Å²) in [5.41, 5.74) is 5.72. The number of nitrogens with one attached hydrogen (secondary N) is 1. The lowest BCUT2D eigenvalue weighted by Crippen LogP contribution is -2.24. The molecule has 0 aliphatic heterocycles. The standard InChI is InChI=1S/C10H11ClN2O2S/c1-2-3-6-13-16(14,15)10-7-8(11)4-5-9(10)12/h4-5,7,13H,6,12H2,1H3. The van der Waals surface area contributed by atoms with Gasteiger partial charge in [0.25, 0.3) is 0 Å². The maximum absolute atomic E-state index is 11.8. The Morgan fingerprint density at radius 3 is 2.81 bits per heavy atom. The average molecular weight is 259 g/mol. The average Bonchev–Trinajstić information content (AvgIpc) is 2.22. The van der Waals surface area contributed by atoms with Crippen LogP contribution >= 0.6 is 11.6 Å². The molecule has 0 radical (unpaired) electrons. The summed E-state index contributed by atoms with van der Waals surface area (Å²) in [7, 11) is -3.65. The van der Waals surface area contributed by atoms with Gasteiger partial charge in [0.1, 0.15) is 4.90 Å². The van der Waals surface area contributed by atoms with E-state index >= 15 is 0 Å². The highest BCUT2D eigenvalue weighted by Crippen LogP contribution is 2.22. The highest BCUT2D eigenvalue weighted by Gasteiger charge is 2.16. The summed E-state index contributed by atoms with van der Waals surface area (Å²) in [4.78, 5) is -0.0297. The van der Waals surface area contributed by atoms with E-state index in [1.54, 1.807) is 6.92 Å². The molecule has 0 heterocycles. The molecule has 0 spiro atoms. The van der Waals surface area contributed by atoms with Crippen LogP contribution in [0.15, 0.2) is 23.1 Å². The van der Waals surface area contributed by atoms with Gasteiger partial charge in [-0.1, -0.05) is 17.5 Å². The molecule has 3 N–H and O–H groups in total. The van der Waals surface area contributed by atoms with E-state index in [-0.39, 0.29) is 17.1 Å². The fourth-order valence-electron chi connectivity index (χ4n) is 1.04. The van der Waals surface area contributed by atoms with E-state index in [1.807, 2.05) is 0 Å². The molecule has 0 aliphatic carbocycles. The van der Waals surface area contributed by atoms with Crippen molar-refractivity contribution in [3.8, 4) is 11.8 Å². The fraction of sp³-hybridized carbons (Fsp3) is 0.200. The molecule has 1 rings (SSSR count). The molecule has 0 bridgehead atoms. The second kappa shape index (κ2) is 5.21. The third kappa shape index (κ3) is 3.14. The Labute approximate surface area is 99.8 Å². The number of sulfonamides is 1. The van der Waals surface area contributed by atoms with Gasteiger partial charge in [-0.15, -0.1) is 5.92 Å². The quantitative estimate of drug-likeness (QED) is 0.633. The minimum absolute atomic E-state index is 0.0297. The maximum atomic E-state index is 11.8. The van der Waals surface area contributed by atoms with Crippen molar-refractivity contribution < 1.29 is 8.42 Å². The molecule has 0 amide bonds. The summed E-state index contributed by atoms with van der Waals surface area (Å²) >= 11 is 5.71. The number of hydrogen-bond donors (Lipinski definition) is 2. The van der Waals surface area contributed by atoms with Gasteiger partial charge in [0.15, 0.2) is 0 Å². The van der Waals surface area contributed by atoms with Gasteiger partial charge in [0, 0.05) is 5.02 Å². The van der Waals surface area contributed by atoms with Gasteiger partial charge >= 0.3 is 0 Å². The molecule has 0 aromatic heterocycles. The van der Waals surface area contributed by atoms with E-state index in [0.717, 1.165) is 0 Å². The van der Waals surface area contributed by atoms with Crippen molar-refractivity contribution in [2.75, 3.05) is 12.3 Å². The van der Waals surface area contributed by atoms with Crippen LogP contribution in [0.2, 0.25) is 5.02 Å². The summed E-state index contributed by atoms with van der Waals surface area (Å²) in [5.74, 6) is 5.18. The van der Waals surface area contributed by atoms with Crippen LogP contribution in [0.1, 0.15) is 6.92 Å². The molecule has 0 saturated heterocycles. The first-order chi connectivity index (χ1) is 7.47. The number of nitrogens with two attached hydrogens (primary N) is 1. The molecule has 0 atom stereocenters. The van der Waals surface area contributed by atoms with Crippen molar-refractivity contribution in [3.63, 3.8) is 0 Å². The van der Waals surface area contributed by atoms with Crippen LogP contribution in [-0.4, -0.2) is 15.0 Å². The second-order valence-electron chi connectivity index (χ2n) is 2.93. The van der Waals surface area contributed by atoms with E-state index in [9.17, 15) is 8.42 Å². The molecule has 0 fully saturated rings. The van der Waals surface area contributed by atoms with E-state index in [4.69, 9.17) is 17.3 Å². The van der Waals surface area contributed by atoms with Crippen LogP contribution in [0.5, 0.6) is 0 Å². The number of rotatable bonds is 3. The van der Waals surface area contributed by atoms with E-state index in [2.05, 4.69) is 16.6 Å². The van der Waals surface area contributed by atoms with E-state index in [0.29, 0.717) is 5.02 Å². The Balaban J connectivity index is 3.05. The Hall–Kier alpha value is -1.22. The maximum Gasteiger partial charge on any atom is 0.243 e. The van der Waals surface area contributed by atoms with Gasteiger partial charge in [-0.2, -0.15) is 4.72 Å². The van der Waals surface area contributed by atoms with Crippen molar-refractivity contribution in [3.05, 3.63) is 23.2 Å². The van der Waals surface area contributed by atoms with Crippen LogP contribution in [0.4, 0.5) is 5.69 Å². The lowest BCUT2D eigenvalue weighted by molar-refractivity contribution is 0.586. The third-order valence-electron chi connectivity index (χ3n) is 1.79. The lowest BCUT2D eigenvalue weighted by Gasteiger charge is -2.07. The number of nitrogen functional groups attached to an aromatic ring is 1. The second-order valence-corrected chi connectivity index (χ2v) is 5.11. The molecule has 0 saturated carbocycles. The molecule has 1 aromatic rings. The normalized spacial score (nSPS) is 10.6. The lowest BCUT2D eigenvalue weighted by atomic mass is 10.3. The summed E-state index contributed by atoms with van der Waals surface area (Å²) in [6, 6.07) is 4.28. The van der Waals surface area contributed by atoms with Crippen molar-refractivity contribution in [2.24, 2.45) is 0 Å². The molecule has 6 heteroatoms. The first-order valence-corrected chi connectivity index (χ1v) is 6.28.